The lowest BCUT2D eigenvalue weighted by Crippen LogP contribution is -2.31. The van der Waals surface area contributed by atoms with E-state index in [-0.39, 0.29) is 6.61 Å². The van der Waals surface area contributed by atoms with Gasteiger partial charge in [-0.1, -0.05) is 6.42 Å². The number of rotatable bonds is 2. The molecule has 0 aromatic carbocycles. The fraction of sp³-hybridized carbons (Fsp3) is 1.00. The third-order valence-corrected chi connectivity index (χ3v) is 2.74. The van der Waals surface area contributed by atoms with Crippen molar-refractivity contribution < 1.29 is 14.6 Å². The van der Waals surface area contributed by atoms with Gasteiger partial charge in [0.25, 0.3) is 0 Å². The fourth-order valence-corrected chi connectivity index (χ4v) is 2.08. The van der Waals surface area contributed by atoms with Crippen molar-refractivity contribution in [3.63, 3.8) is 0 Å². The zero-order chi connectivity index (χ0) is 8.44. The molecule has 0 aromatic rings. The van der Waals surface area contributed by atoms with E-state index in [9.17, 15) is 0 Å². The average molecular weight is 172 g/mol. The van der Waals surface area contributed by atoms with E-state index < -0.39 is 5.79 Å². The lowest BCUT2D eigenvalue weighted by atomic mass is 10.0. The van der Waals surface area contributed by atoms with Crippen LogP contribution in [0.3, 0.4) is 0 Å². The summed E-state index contributed by atoms with van der Waals surface area (Å²) in [6.45, 7) is 0.882. The Morgan fingerprint density at radius 2 is 2.33 bits per heavy atom. The molecule has 2 fully saturated rings. The van der Waals surface area contributed by atoms with Crippen LogP contribution in [-0.4, -0.2) is 30.2 Å². The van der Waals surface area contributed by atoms with Gasteiger partial charge in [-0.05, 0) is 12.8 Å². The van der Waals surface area contributed by atoms with Gasteiger partial charge in [-0.3, -0.25) is 0 Å². The summed E-state index contributed by atoms with van der Waals surface area (Å²) in [4.78, 5) is 0. The molecule has 0 amide bonds. The maximum Gasteiger partial charge on any atom is 0.171 e. The summed E-state index contributed by atoms with van der Waals surface area (Å²) < 4.78 is 11.4. The summed E-state index contributed by atoms with van der Waals surface area (Å²) in [5, 5.41) is 8.87. The first kappa shape index (κ1) is 8.48. The molecule has 0 spiro atoms. The van der Waals surface area contributed by atoms with E-state index in [0.717, 1.165) is 25.9 Å². The Morgan fingerprint density at radius 1 is 1.42 bits per heavy atom. The summed E-state index contributed by atoms with van der Waals surface area (Å²) in [6, 6.07) is 0. The van der Waals surface area contributed by atoms with Gasteiger partial charge in [-0.2, -0.15) is 0 Å². The Bertz CT molecular complexity index is 156. The Labute approximate surface area is 72.7 Å². The lowest BCUT2D eigenvalue weighted by Gasteiger charge is -2.25. The Morgan fingerprint density at radius 3 is 3.17 bits per heavy atom. The molecule has 3 nitrogen and oxygen atoms in total. The summed E-state index contributed by atoms with van der Waals surface area (Å²) in [5.74, 6) is -0.421. The molecular weight excluding hydrogens is 156 g/mol. The van der Waals surface area contributed by atoms with Crippen molar-refractivity contribution in [3.8, 4) is 0 Å². The molecule has 0 aliphatic carbocycles. The van der Waals surface area contributed by atoms with Crippen molar-refractivity contribution in [2.24, 2.45) is 0 Å². The highest BCUT2D eigenvalue weighted by Gasteiger charge is 2.41. The van der Waals surface area contributed by atoms with Gasteiger partial charge in [-0.25, -0.2) is 0 Å². The molecule has 2 heterocycles. The molecule has 3 heteroatoms. The van der Waals surface area contributed by atoms with Crippen molar-refractivity contribution >= 4 is 0 Å². The number of ether oxygens (including phenoxy) is 2. The second-order valence-electron chi connectivity index (χ2n) is 3.68. The molecule has 2 atom stereocenters. The van der Waals surface area contributed by atoms with Crippen LogP contribution in [0.5, 0.6) is 0 Å². The average Bonchev–Trinajstić information content (AvgIpc) is 2.30. The minimum atomic E-state index is -0.421. The largest absolute Gasteiger partial charge is 0.396 e. The number of fused-ring (bicyclic) bond motifs is 2. The number of aliphatic hydroxyl groups is 1. The molecule has 2 saturated heterocycles. The number of hydrogen-bond acceptors (Lipinski definition) is 3. The minimum Gasteiger partial charge on any atom is -0.396 e. The van der Waals surface area contributed by atoms with Crippen molar-refractivity contribution in [2.75, 3.05) is 13.2 Å². The second-order valence-corrected chi connectivity index (χ2v) is 3.68. The minimum absolute atomic E-state index is 0.159. The third-order valence-electron chi connectivity index (χ3n) is 2.74. The Kier molecular flexibility index (Phi) is 2.35. The smallest absolute Gasteiger partial charge is 0.171 e. The van der Waals surface area contributed by atoms with Crippen LogP contribution in [0.15, 0.2) is 0 Å². The standard InChI is InChI=1S/C9H16O3/c10-6-5-9-4-2-1-3-8(12-9)7-11-9/h8,10H,1-7H2. The normalized spacial score (nSPS) is 41.2. The molecule has 12 heavy (non-hydrogen) atoms. The molecule has 2 aliphatic rings. The van der Waals surface area contributed by atoms with Crippen molar-refractivity contribution in [1.82, 2.24) is 0 Å². The van der Waals surface area contributed by atoms with Crippen LogP contribution in [-0.2, 0) is 9.47 Å². The van der Waals surface area contributed by atoms with Crippen LogP contribution in [0.4, 0.5) is 0 Å². The second kappa shape index (κ2) is 3.32. The lowest BCUT2D eigenvalue weighted by molar-refractivity contribution is -0.177. The Balaban J connectivity index is 2.02. The van der Waals surface area contributed by atoms with E-state index >= 15 is 0 Å². The van der Waals surface area contributed by atoms with Crippen molar-refractivity contribution in [2.45, 2.75) is 44.0 Å². The van der Waals surface area contributed by atoms with Crippen molar-refractivity contribution in [1.29, 1.82) is 0 Å². The van der Waals surface area contributed by atoms with Gasteiger partial charge < -0.3 is 14.6 Å². The number of aliphatic hydroxyl groups excluding tert-OH is 1. The van der Waals surface area contributed by atoms with E-state index in [2.05, 4.69) is 0 Å². The summed E-state index contributed by atoms with van der Waals surface area (Å²) in [7, 11) is 0. The van der Waals surface area contributed by atoms with Crippen LogP contribution in [0.2, 0.25) is 0 Å². The van der Waals surface area contributed by atoms with Gasteiger partial charge in [0.2, 0.25) is 0 Å². The fourth-order valence-electron chi connectivity index (χ4n) is 2.08. The van der Waals surface area contributed by atoms with Crippen LogP contribution in [0.1, 0.15) is 32.1 Å². The summed E-state index contributed by atoms with van der Waals surface area (Å²) in [6.07, 6.45) is 5.39. The van der Waals surface area contributed by atoms with E-state index in [1.165, 1.54) is 6.42 Å². The molecule has 2 rings (SSSR count). The van der Waals surface area contributed by atoms with Crippen LogP contribution in [0, 0.1) is 0 Å². The van der Waals surface area contributed by atoms with Gasteiger partial charge in [0, 0.05) is 19.4 Å². The van der Waals surface area contributed by atoms with Crippen molar-refractivity contribution in [3.05, 3.63) is 0 Å². The first-order chi connectivity index (χ1) is 5.85. The molecule has 1 N–H and O–H groups in total. The molecule has 2 bridgehead atoms. The van der Waals surface area contributed by atoms with Gasteiger partial charge in [0.05, 0.1) is 12.7 Å². The SMILES string of the molecule is OCCC12CCCCC(CO1)O2. The summed E-state index contributed by atoms with van der Waals surface area (Å²) >= 11 is 0. The summed E-state index contributed by atoms with van der Waals surface area (Å²) in [5.41, 5.74) is 0. The molecule has 0 saturated carbocycles. The first-order valence-electron chi connectivity index (χ1n) is 4.77. The Hall–Kier alpha value is -0.120. The topological polar surface area (TPSA) is 38.7 Å². The molecule has 70 valence electrons. The molecule has 2 unspecified atom stereocenters. The van der Waals surface area contributed by atoms with E-state index in [1.54, 1.807) is 0 Å². The van der Waals surface area contributed by atoms with Gasteiger partial charge in [0.15, 0.2) is 5.79 Å². The highest BCUT2D eigenvalue weighted by Crippen LogP contribution is 2.36. The van der Waals surface area contributed by atoms with Gasteiger partial charge in [0.1, 0.15) is 0 Å². The quantitative estimate of drug-likeness (QED) is 0.676. The van der Waals surface area contributed by atoms with Gasteiger partial charge in [-0.15, -0.1) is 0 Å². The predicted molar refractivity (Wildman–Crippen MR) is 43.7 cm³/mol. The zero-order valence-electron chi connectivity index (χ0n) is 7.29. The van der Waals surface area contributed by atoms with E-state index in [0.29, 0.717) is 12.5 Å². The number of hydrogen-bond donors (Lipinski definition) is 1. The van der Waals surface area contributed by atoms with E-state index in [4.69, 9.17) is 14.6 Å². The molecule has 0 radical (unpaired) electrons. The zero-order valence-corrected chi connectivity index (χ0v) is 7.29. The van der Waals surface area contributed by atoms with Crippen LogP contribution in [0.25, 0.3) is 0 Å². The maximum absolute atomic E-state index is 8.87. The molecule has 0 aromatic heterocycles. The monoisotopic (exact) mass is 172 g/mol. The van der Waals surface area contributed by atoms with E-state index in [1.807, 2.05) is 0 Å². The predicted octanol–water partition coefficient (Wildman–Crippen LogP) is 1.05. The van der Waals surface area contributed by atoms with Gasteiger partial charge >= 0.3 is 0 Å². The molecular formula is C9H16O3. The molecule has 2 aliphatic heterocycles. The highest BCUT2D eigenvalue weighted by molar-refractivity contribution is 4.82. The van der Waals surface area contributed by atoms with Crippen LogP contribution >= 0.6 is 0 Å². The highest BCUT2D eigenvalue weighted by atomic mass is 16.7. The maximum atomic E-state index is 8.87. The third kappa shape index (κ3) is 1.49. The van der Waals surface area contributed by atoms with Crippen LogP contribution < -0.4 is 0 Å². The first-order valence-corrected chi connectivity index (χ1v) is 4.77.